The van der Waals surface area contributed by atoms with Crippen molar-refractivity contribution in [1.29, 1.82) is 0 Å². The highest BCUT2D eigenvalue weighted by Crippen LogP contribution is 2.27. The Hall–Kier alpha value is -1.85. The molecule has 0 radical (unpaired) electrons. The molecule has 2 amide bonds. The zero-order valence-electron chi connectivity index (χ0n) is 11.8. The maximum absolute atomic E-state index is 12.0. The van der Waals surface area contributed by atoms with Gasteiger partial charge in [-0.05, 0) is 18.8 Å². The fourth-order valence-corrected chi connectivity index (χ4v) is 2.50. The van der Waals surface area contributed by atoms with Crippen LogP contribution in [-0.2, 0) is 17.8 Å². The first-order valence-corrected chi connectivity index (χ1v) is 7.23. The van der Waals surface area contributed by atoms with Crippen LogP contribution in [0.5, 0.6) is 0 Å². The molecule has 0 spiro atoms. The van der Waals surface area contributed by atoms with Crippen LogP contribution in [0.25, 0.3) is 0 Å². The molecule has 1 fully saturated rings. The second-order valence-corrected chi connectivity index (χ2v) is 5.65. The molecule has 1 aromatic rings. The van der Waals surface area contributed by atoms with Crippen molar-refractivity contribution in [1.82, 2.24) is 19.8 Å². The summed E-state index contributed by atoms with van der Waals surface area (Å²) in [5, 5.41) is 2.93. The third-order valence-electron chi connectivity index (χ3n) is 4.00. The third-order valence-corrected chi connectivity index (χ3v) is 4.00. The van der Waals surface area contributed by atoms with Gasteiger partial charge >= 0.3 is 0 Å². The first kappa shape index (κ1) is 13.1. The van der Waals surface area contributed by atoms with Gasteiger partial charge in [0.2, 0.25) is 5.91 Å². The molecule has 108 valence electrons. The summed E-state index contributed by atoms with van der Waals surface area (Å²) in [6.45, 7) is 4.42. The van der Waals surface area contributed by atoms with Crippen LogP contribution in [0.1, 0.15) is 36.1 Å². The first-order chi connectivity index (χ1) is 9.63. The molecule has 6 nitrogen and oxygen atoms in total. The topological polar surface area (TPSA) is 67.2 Å². The molecule has 2 heterocycles. The van der Waals surface area contributed by atoms with Crippen molar-refractivity contribution in [3.8, 4) is 0 Å². The number of hydrogen-bond donors (Lipinski definition) is 1. The normalized spacial score (nSPS) is 18.4. The van der Waals surface area contributed by atoms with Crippen LogP contribution in [0.3, 0.4) is 0 Å². The fraction of sp³-hybridized carbons (Fsp3) is 0.643. The number of nitrogens with one attached hydrogen (secondary N) is 1. The zero-order valence-corrected chi connectivity index (χ0v) is 11.8. The highest BCUT2D eigenvalue weighted by molar-refractivity contribution is 5.92. The Morgan fingerprint density at radius 1 is 1.35 bits per heavy atom. The largest absolute Gasteiger partial charge is 0.350 e. The number of rotatable bonds is 3. The Morgan fingerprint density at radius 3 is 2.85 bits per heavy atom. The minimum Gasteiger partial charge on any atom is -0.350 e. The molecule has 3 rings (SSSR count). The summed E-state index contributed by atoms with van der Waals surface area (Å²) < 4.78 is 2.00. The molecule has 0 unspecified atom stereocenters. The van der Waals surface area contributed by atoms with E-state index < -0.39 is 0 Å². The van der Waals surface area contributed by atoms with E-state index in [1.54, 1.807) is 13.1 Å². The maximum atomic E-state index is 12.0. The van der Waals surface area contributed by atoms with Crippen molar-refractivity contribution in [2.45, 2.75) is 32.7 Å². The van der Waals surface area contributed by atoms with Gasteiger partial charge in [-0.3, -0.25) is 9.59 Å². The number of imidazole rings is 1. The minimum atomic E-state index is -0.0825. The van der Waals surface area contributed by atoms with E-state index >= 15 is 0 Å². The predicted molar refractivity (Wildman–Crippen MR) is 73.2 cm³/mol. The van der Waals surface area contributed by atoms with Gasteiger partial charge in [-0.1, -0.05) is 0 Å². The first-order valence-electron chi connectivity index (χ1n) is 7.23. The van der Waals surface area contributed by atoms with Crippen molar-refractivity contribution in [3.63, 3.8) is 0 Å². The lowest BCUT2D eigenvalue weighted by molar-refractivity contribution is -0.128. The molecule has 0 saturated heterocycles. The van der Waals surface area contributed by atoms with Gasteiger partial charge in [-0.2, -0.15) is 0 Å². The molecule has 6 heteroatoms. The number of aromatic nitrogens is 2. The SMILES string of the molecule is CC(=O)N1CCc2nc(C(=O)NCC3CC3)cn2CC1. The van der Waals surface area contributed by atoms with Crippen molar-refractivity contribution in [2.75, 3.05) is 19.6 Å². The summed E-state index contributed by atoms with van der Waals surface area (Å²) in [7, 11) is 0. The molecule has 1 saturated carbocycles. The van der Waals surface area contributed by atoms with E-state index in [1.165, 1.54) is 12.8 Å². The lowest BCUT2D eigenvalue weighted by Crippen LogP contribution is -2.31. The zero-order chi connectivity index (χ0) is 14.1. The lowest BCUT2D eigenvalue weighted by atomic mass is 10.3. The van der Waals surface area contributed by atoms with E-state index in [0.29, 0.717) is 37.7 Å². The number of carbonyl (C=O) groups excluding carboxylic acids is 2. The summed E-state index contributed by atoms with van der Waals surface area (Å²) in [5.74, 6) is 1.58. The quantitative estimate of drug-likeness (QED) is 0.870. The standard InChI is InChI=1S/C14H20N4O2/c1-10(19)17-5-4-13-16-12(9-18(13)7-6-17)14(20)15-8-11-2-3-11/h9,11H,2-8H2,1H3,(H,15,20). The molecule has 2 aliphatic rings. The highest BCUT2D eigenvalue weighted by atomic mass is 16.2. The molecule has 0 aromatic carbocycles. The molecule has 1 aliphatic carbocycles. The van der Waals surface area contributed by atoms with Crippen LogP contribution in [0.2, 0.25) is 0 Å². The highest BCUT2D eigenvalue weighted by Gasteiger charge is 2.23. The monoisotopic (exact) mass is 276 g/mol. The lowest BCUT2D eigenvalue weighted by Gasteiger charge is -2.17. The van der Waals surface area contributed by atoms with Crippen molar-refractivity contribution in [2.24, 2.45) is 5.92 Å². The average Bonchev–Trinajstić information content (AvgIpc) is 3.19. The Kier molecular flexibility index (Phi) is 3.46. The number of carbonyl (C=O) groups is 2. The van der Waals surface area contributed by atoms with Crippen molar-refractivity contribution in [3.05, 3.63) is 17.7 Å². The molecule has 1 N–H and O–H groups in total. The van der Waals surface area contributed by atoms with Gasteiger partial charge in [-0.15, -0.1) is 0 Å². The van der Waals surface area contributed by atoms with E-state index in [0.717, 1.165) is 12.4 Å². The smallest absolute Gasteiger partial charge is 0.271 e. The van der Waals surface area contributed by atoms with Gasteiger partial charge < -0.3 is 14.8 Å². The van der Waals surface area contributed by atoms with E-state index in [2.05, 4.69) is 10.3 Å². The van der Waals surface area contributed by atoms with Gasteiger partial charge in [0.1, 0.15) is 11.5 Å². The minimum absolute atomic E-state index is 0.0825. The van der Waals surface area contributed by atoms with Crippen LogP contribution in [0, 0.1) is 5.92 Å². The number of hydrogen-bond acceptors (Lipinski definition) is 3. The third kappa shape index (κ3) is 2.84. The summed E-state index contributed by atoms with van der Waals surface area (Å²) in [4.78, 5) is 29.6. The summed E-state index contributed by atoms with van der Waals surface area (Å²) in [5.41, 5.74) is 0.497. The molecule has 20 heavy (non-hydrogen) atoms. The van der Waals surface area contributed by atoms with Gasteiger partial charge in [-0.25, -0.2) is 4.98 Å². The Bertz CT molecular complexity index is 508. The summed E-state index contributed by atoms with van der Waals surface area (Å²) in [6, 6.07) is 0. The van der Waals surface area contributed by atoms with Gasteiger partial charge in [0, 0.05) is 45.7 Å². The van der Waals surface area contributed by atoms with Crippen LogP contribution < -0.4 is 5.32 Å². The van der Waals surface area contributed by atoms with E-state index in [-0.39, 0.29) is 11.8 Å². The Balaban J connectivity index is 1.64. The van der Waals surface area contributed by atoms with Gasteiger partial charge in [0.15, 0.2) is 0 Å². The second kappa shape index (κ2) is 5.26. The summed E-state index contributed by atoms with van der Waals surface area (Å²) in [6.07, 6.45) is 4.96. The van der Waals surface area contributed by atoms with E-state index in [4.69, 9.17) is 0 Å². The molecule has 1 aliphatic heterocycles. The van der Waals surface area contributed by atoms with Crippen molar-refractivity contribution < 1.29 is 9.59 Å². The summed E-state index contributed by atoms with van der Waals surface area (Å²) >= 11 is 0. The Morgan fingerprint density at radius 2 is 2.15 bits per heavy atom. The number of fused-ring (bicyclic) bond motifs is 1. The Labute approximate surface area is 118 Å². The number of amides is 2. The van der Waals surface area contributed by atoms with Crippen LogP contribution in [-0.4, -0.2) is 45.9 Å². The van der Waals surface area contributed by atoms with Crippen molar-refractivity contribution >= 4 is 11.8 Å². The molecule has 1 aromatic heterocycles. The van der Waals surface area contributed by atoms with E-state index in [9.17, 15) is 9.59 Å². The van der Waals surface area contributed by atoms with Gasteiger partial charge in [0.05, 0.1) is 0 Å². The fourth-order valence-electron chi connectivity index (χ4n) is 2.50. The van der Waals surface area contributed by atoms with E-state index in [1.807, 2.05) is 9.47 Å². The molecule has 0 bridgehead atoms. The van der Waals surface area contributed by atoms with Crippen LogP contribution in [0.4, 0.5) is 0 Å². The molecular weight excluding hydrogens is 256 g/mol. The number of nitrogens with zero attached hydrogens (tertiary/aromatic N) is 3. The predicted octanol–water partition coefficient (Wildman–Crippen LogP) is 0.427. The molecule has 0 atom stereocenters. The van der Waals surface area contributed by atoms with Crippen LogP contribution >= 0.6 is 0 Å². The maximum Gasteiger partial charge on any atom is 0.271 e. The average molecular weight is 276 g/mol. The molecular formula is C14H20N4O2. The second-order valence-electron chi connectivity index (χ2n) is 5.65. The van der Waals surface area contributed by atoms with Crippen LogP contribution in [0.15, 0.2) is 6.20 Å². The van der Waals surface area contributed by atoms with Gasteiger partial charge in [0.25, 0.3) is 5.91 Å².